The second-order valence-electron chi connectivity index (χ2n) is 5.37. The van der Waals surface area contributed by atoms with Crippen LogP contribution in [0.5, 0.6) is 11.5 Å². The first-order valence-corrected chi connectivity index (χ1v) is 6.50. The highest BCUT2D eigenvalue weighted by molar-refractivity contribution is 5.57. The van der Waals surface area contributed by atoms with Gasteiger partial charge in [0.05, 0.1) is 0 Å². The highest BCUT2D eigenvalue weighted by Gasteiger charge is 2.27. The highest BCUT2D eigenvalue weighted by atomic mass is 19.1. The summed E-state index contributed by atoms with van der Waals surface area (Å²) in [7, 11) is 0. The third-order valence-electron chi connectivity index (χ3n) is 3.34. The molecule has 0 spiro atoms. The van der Waals surface area contributed by atoms with Crippen molar-refractivity contribution in [3.8, 4) is 11.5 Å². The molecule has 3 nitrogen and oxygen atoms in total. The molecule has 2 rings (SSSR count). The summed E-state index contributed by atoms with van der Waals surface area (Å²) in [6.07, 6.45) is 1.25. The Balaban J connectivity index is 2.52. The van der Waals surface area contributed by atoms with Crippen molar-refractivity contribution < 1.29 is 18.7 Å². The predicted octanol–water partition coefficient (Wildman–Crippen LogP) is 3.35. The lowest BCUT2D eigenvalue weighted by atomic mass is 9.90. The number of fused-ring (bicyclic) bond motifs is 1. The largest absolute Gasteiger partial charge is 0.486 e. The Morgan fingerprint density at radius 2 is 2.05 bits per heavy atom. The number of benzene rings is 1. The molecule has 19 heavy (non-hydrogen) atoms. The number of hydrogen-bond acceptors (Lipinski definition) is 3. The van der Waals surface area contributed by atoms with Crippen molar-refractivity contribution in [2.45, 2.75) is 38.8 Å². The minimum Gasteiger partial charge on any atom is -0.486 e. The van der Waals surface area contributed by atoms with Crippen LogP contribution in [0.15, 0.2) is 12.1 Å². The molecule has 1 aromatic rings. The molecule has 1 atom stereocenters. The number of ether oxygens (including phenoxy) is 2. The van der Waals surface area contributed by atoms with E-state index in [0.717, 1.165) is 11.8 Å². The summed E-state index contributed by atoms with van der Waals surface area (Å²) in [6.45, 7) is 5.88. The minimum atomic E-state index is -1.45. The molecule has 1 aromatic carbocycles. The van der Waals surface area contributed by atoms with E-state index in [1.165, 1.54) is 13.8 Å². The zero-order chi connectivity index (χ0) is 14.0. The maximum Gasteiger partial charge on any atom is 0.164 e. The smallest absolute Gasteiger partial charge is 0.164 e. The van der Waals surface area contributed by atoms with Gasteiger partial charge in [0, 0.05) is 12.0 Å². The third-order valence-corrected chi connectivity index (χ3v) is 3.34. The Kier molecular flexibility index (Phi) is 3.78. The molecule has 0 fully saturated rings. The van der Waals surface area contributed by atoms with Gasteiger partial charge in [0.2, 0.25) is 0 Å². The van der Waals surface area contributed by atoms with Gasteiger partial charge in [0.25, 0.3) is 0 Å². The zero-order valence-corrected chi connectivity index (χ0v) is 11.5. The number of carbonyl (C=O) groups is 1. The van der Waals surface area contributed by atoms with Crippen LogP contribution in [0.1, 0.15) is 44.2 Å². The van der Waals surface area contributed by atoms with Gasteiger partial charge in [-0.2, -0.15) is 0 Å². The molecule has 104 valence electrons. The van der Waals surface area contributed by atoms with E-state index in [1.54, 1.807) is 12.1 Å². The summed E-state index contributed by atoms with van der Waals surface area (Å²) in [6, 6.07) is 3.47. The van der Waals surface area contributed by atoms with Crippen LogP contribution in [0.4, 0.5) is 4.39 Å². The van der Waals surface area contributed by atoms with Crippen molar-refractivity contribution in [1.29, 1.82) is 0 Å². The summed E-state index contributed by atoms with van der Waals surface area (Å²) in [5, 5.41) is 0. The van der Waals surface area contributed by atoms with Gasteiger partial charge >= 0.3 is 0 Å². The van der Waals surface area contributed by atoms with E-state index in [1.807, 2.05) is 6.92 Å². The Morgan fingerprint density at radius 1 is 1.37 bits per heavy atom. The standard InChI is InChI=1S/C15H19FO3/c1-10(4-5-17)12-8-11(15(2,3)16)9-13-14(12)19-7-6-18-13/h5,8-10H,4,6-7H2,1-3H3. The van der Waals surface area contributed by atoms with Crippen molar-refractivity contribution >= 4 is 6.29 Å². The fraction of sp³-hybridized carbons (Fsp3) is 0.533. The second-order valence-corrected chi connectivity index (χ2v) is 5.37. The van der Waals surface area contributed by atoms with Crippen LogP contribution in [0.25, 0.3) is 0 Å². The molecule has 0 radical (unpaired) electrons. The van der Waals surface area contributed by atoms with E-state index in [9.17, 15) is 9.18 Å². The van der Waals surface area contributed by atoms with E-state index >= 15 is 0 Å². The predicted molar refractivity (Wildman–Crippen MR) is 70.7 cm³/mol. The average molecular weight is 266 g/mol. The van der Waals surface area contributed by atoms with Gasteiger partial charge in [-0.05, 0) is 37.5 Å². The van der Waals surface area contributed by atoms with Crippen molar-refractivity contribution in [2.75, 3.05) is 13.2 Å². The normalized spacial score (nSPS) is 16.0. The second kappa shape index (κ2) is 5.19. The van der Waals surface area contributed by atoms with E-state index in [0.29, 0.717) is 36.7 Å². The first kappa shape index (κ1) is 13.8. The average Bonchev–Trinajstić information content (AvgIpc) is 2.36. The molecule has 1 aliphatic heterocycles. The van der Waals surface area contributed by atoms with Gasteiger partial charge in [-0.15, -0.1) is 0 Å². The van der Waals surface area contributed by atoms with E-state index in [2.05, 4.69) is 0 Å². The summed E-state index contributed by atoms with van der Waals surface area (Å²) in [5.74, 6) is 1.20. The van der Waals surface area contributed by atoms with Crippen LogP contribution >= 0.6 is 0 Å². The van der Waals surface area contributed by atoms with Gasteiger partial charge in [0.15, 0.2) is 11.5 Å². The highest BCUT2D eigenvalue weighted by Crippen LogP contribution is 2.42. The molecular formula is C15H19FO3. The van der Waals surface area contributed by atoms with Crippen LogP contribution in [0.2, 0.25) is 0 Å². The Bertz CT molecular complexity index is 477. The maximum atomic E-state index is 14.2. The fourth-order valence-electron chi connectivity index (χ4n) is 2.16. The minimum absolute atomic E-state index is 0.0183. The molecule has 1 unspecified atom stereocenters. The SMILES string of the molecule is CC(CC=O)c1cc(C(C)(C)F)cc2c1OCCO2. The number of halogens is 1. The van der Waals surface area contributed by atoms with E-state index < -0.39 is 5.67 Å². The van der Waals surface area contributed by atoms with Crippen molar-refractivity contribution in [1.82, 2.24) is 0 Å². The van der Waals surface area contributed by atoms with Gasteiger partial charge in [0.1, 0.15) is 25.2 Å². The van der Waals surface area contributed by atoms with Gasteiger partial charge in [-0.3, -0.25) is 0 Å². The number of alkyl halides is 1. The summed E-state index contributed by atoms with van der Waals surface area (Å²) in [4.78, 5) is 10.7. The third kappa shape index (κ3) is 2.88. The molecule has 0 bridgehead atoms. The van der Waals surface area contributed by atoms with Crippen LogP contribution < -0.4 is 9.47 Å². The molecule has 0 aromatic heterocycles. The summed E-state index contributed by atoms with van der Waals surface area (Å²) in [5.41, 5.74) is -0.0691. The molecule has 0 saturated carbocycles. The first-order chi connectivity index (χ1) is 8.93. The van der Waals surface area contributed by atoms with Crippen molar-refractivity contribution in [3.63, 3.8) is 0 Å². The zero-order valence-electron chi connectivity index (χ0n) is 11.5. The quantitative estimate of drug-likeness (QED) is 0.784. The molecule has 1 heterocycles. The Labute approximate surface area is 112 Å². The molecule has 0 aliphatic carbocycles. The molecule has 4 heteroatoms. The van der Waals surface area contributed by atoms with Crippen LogP contribution in [0.3, 0.4) is 0 Å². The van der Waals surface area contributed by atoms with Crippen molar-refractivity contribution in [3.05, 3.63) is 23.3 Å². The molecule has 0 saturated heterocycles. The van der Waals surface area contributed by atoms with Crippen LogP contribution in [-0.2, 0) is 10.5 Å². The molecular weight excluding hydrogens is 247 g/mol. The maximum absolute atomic E-state index is 14.2. The lowest BCUT2D eigenvalue weighted by molar-refractivity contribution is -0.108. The lowest BCUT2D eigenvalue weighted by Crippen LogP contribution is -2.19. The topological polar surface area (TPSA) is 35.5 Å². The first-order valence-electron chi connectivity index (χ1n) is 6.50. The monoisotopic (exact) mass is 266 g/mol. The van der Waals surface area contributed by atoms with Crippen LogP contribution in [0, 0.1) is 0 Å². The Hall–Kier alpha value is -1.58. The molecule has 0 amide bonds. The number of rotatable bonds is 4. The number of hydrogen-bond donors (Lipinski definition) is 0. The lowest BCUT2D eigenvalue weighted by Gasteiger charge is -2.26. The number of carbonyl (C=O) groups excluding carboxylic acids is 1. The van der Waals surface area contributed by atoms with E-state index in [-0.39, 0.29) is 5.92 Å². The van der Waals surface area contributed by atoms with E-state index in [4.69, 9.17) is 9.47 Å². The van der Waals surface area contributed by atoms with Gasteiger partial charge in [-0.25, -0.2) is 4.39 Å². The van der Waals surface area contributed by atoms with Gasteiger partial charge < -0.3 is 14.3 Å². The summed E-state index contributed by atoms with van der Waals surface area (Å²) >= 11 is 0. The Morgan fingerprint density at radius 3 is 2.68 bits per heavy atom. The van der Waals surface area contributed by atoms with Crippen molar-refractivity contribution in [2.24, 2.45) is 0 Å². The fourth-order valence-corrected chi connectivity index (χ4v) is 2.16. The van der Waals surface area contributed by atoms with Crippen LogP contribution in [-0.4, -0.2) is 19.5 Å². The van der Waals surface area contributed by atoms with Gasteiger partial charge in [-0.1, -0.05) is 6.92 Å². The number of aldehydes is 1. The summed E-state index contributed by atoms with van der Waals surface area (Å²) < 4.78 is 25.3. The molecule has 1 aliphatic rings. The molecule has 0 N–H and O–H groups in total.